The Morgan fingerprint density at radius 1 is 1.39 bits per heavy atom. The first-order valence-electron chi connectivity index (χ1n) is 8.94. The predicted molar refractivity (Wildman–Crippen MR) is 112 cm³/mol. The summed E-state index contributed by atoms with van der Waals surface area (Å²) < 4.78 is 4.99. The third-order valence-electron chi connectivity index (χ3n) is 5.13. The molecule has 150 valence electrons. The molecule has 0 saturated carbocycles. The molecule has 7 nitrogen and oxygen atoms in total. The van der Waals surface area contributed by atoms with Crippen molar-refractivity contribution in [1.82, 2.24) is 9.97 Å². The molecule has 9 heteroatoms. The van der Waals surface area contributed by atoms with Gasteiger partial charge in [0.2, 0.25) is 5.88 Å². The molecule has 1 unspecified atom stereocenters. The molecule has 28 heavy (non-hydrogen) atoms. The van der Waals surface area contributed by atoms with Gasteiger partial charge in [0, 0.05) is 11.1 Å². The SMILES string of the molecule is COC(=O)c1c(N=Cc2c(O)[nH]c(=S)[nH]c2=O)sc2c1CCC(C(C)(C)C)C2. The van der Waals surface area contributed by atoms with Crippen LogP contribution < -0.4 is 5.56 Å². The molecule has 3 N–H and O–H groups in total. The van der Waals surface area contributed by atoms with Crippen LogP contribution in [0.25, 0.3) is 0 Å². The number of fused-ring (bicyclic) bond motifs is 1. The van der Waals surface area contributed by atoms with E-state index in [0.29, 0.717) is 16.5 Å². The lowest BCUT2D eigenvalue weighted by atomic mass is 9.72. The molecule has 0 radical (unpaired) electrons. The second kappa shape index (κ2) is 7.63. The number of esters is 1. The molecule has 1 aliphatic rings. The van der Waals surface area contributed by atoms with Gasteiger partial charge in [0.25, 0.3) is 5.56 Å². The van der Waals surface area contributed by atoms with E-state index in [1.165, 1.54) is 24.7 Å². The van der Waals surface area contributed by atoms with Gasteiger partial charge in [0.1, 0.15) is 10.6 Å². The quantitative estimate of drug-likeness (QED) is 0.396. The van der Waals surface area contributed by atoms with Crippen LogP contribution in [0.2, 0.25) is 0 Å². The Hall–Kier alpha value is -2.26. The average molecular weight is 422 g/mol. The summed E-state index contributed by atoms with van der Waals surface area (Å²) in [6.07, 6.45) is 3.91. The van der Waals surface area contributed by atoms with Gasteiger partial charge in [0.05, 0.1) is 12.7 Å². The van der Waals surface area contributed by atoms with E-state index in [1.807, 2.05) is 0 Å². The van der Waals surface area contributed by atoms with Gasteiger partial charge in [0.15, 0.2) is 4.77 Å². The van der Waals surface area contributed by atoms with Gasteiger partial charge in [-0.05, 0) is 48.4 Å². The Morgan fingerprint density at radius 3 is 2.71 bits per heavy atom. The van der Waals surface area contributed by atoms with Gasteiger partial charge in [-0.1, -0.05) is 20.8 Å². The number of carbonyl (C=O) groups is 1. The van der Waals surface area contributed by atoms with E-state index >= 15 is 0 Å². The van der Waals surface area contributed by atoms with Crippen LogP contribution in [0.3, 0.4) is 0 Å². The topological polar surface area (TPSA) is 108 Å². The van der Waals surface area contributed by atoms with Crippen LogP contribution in [0.1, 0.15) is 53.6 Å². The first-order valence-corrected chi connectivity index (χ1v) is 10.2. The number of carbonyl (C=O) groups excluding carboxylic acids is 1. The second-order valence-electron chi connectivity index (χ2n) is 7.91. The van der Waals surface area contributed by atoms with Gasteiger partial charge >= 0.3 is 5.97 Å². The summed E-state index contributed by atoms with van der Waals surface area (Å²) in [5.41, 5.74) is 1.00. The predicted octanol–water partition coefficient (Wildman–Crippen LogP) is 3.89. The molecule has 0 aliphatic heterocycles. The lowest BCUT2D eigenvalue weighted by Crippen LogP contribution is -2.26. The fourth-order valence-corrected chi connectivity index (χ4v) is 4.89. The Bertz CT molecular complexity index is 1060. The highest BCUT2D eigenvalue weighted by Gasteiger charge is 2.34. The van der Waals surface area contributed by atoms with Crippen LogP contribution in [0.5, 0.6) is 5.88 Å². The summed E-state index contributed by atoms with van der Waals surface area (Å²) in [6.45, 7) is 6.68. The van der Waals surface area contributed by atoms with Crippen molar-refractivity contribution in [2.45, 2.75) is 40.0 Å². The normalized spacial score (nSPS) is 16.9. The van der Waals surface area contributed by atoms with E-state index in [9.17, 15) is 14.7 Å². The van der Waals surface area contributed by atoms with Gasteiger partial charge in [-0.15, -0.1) is 11.3 Å². The molecule has 2 aromatic rings. The molecule has 0 fully saturated rings. The number of hydrogen-bond acceptors (Lipinski definition) is 7. The van der Waals surface area contributed by atoms with Crippen molar-refractivity contribution in [1.29, 1.82) is 0 Å². The van der Waals surface area contributed by atoms with Crippen LogP contribution in [0.15, 0.2) is 9.79 Å². The van der Waals surface area contributed by atoms with Crippen molar-refractivity contribution in [3.05, 3.63) is 36.7 Å². The number of nitrogens with zero attached hydrogens (tertiary/aromatic N) is 1. The summed E-state index contributed by atoms with van der Waals surface area (Å²) >= 11 is 6.26. The maximum atomic E-state index is 12.4. The molecule has 2 heterocycles. The Labute approximate surface area is 171 Å². The summed E-state index contributed by atoms with van der Waals surface area (Å²) in [7, 11) is 1.34. The molecular weight excluding hydrogens is 398 g/mol. The fourth-order valence-electron chi connectivity index (χ4n) is 3.44. The van der Waals surface area contributed by atoms with E-state index in [1.54, 1.807) is 0 Å². The Kier molecular flexibility index (Phi) is 5.58. The van der Waals surface area contributed by atoms with Crippen molar-refractivity contribution in [3.8, 4) is 5.88 Å². The molecule has 3 rings (SSSR count). The van der Waals surface area contributed by atoms with E-state index in [-0.39, 0.29) is 21.6 Å². The molecule has 2 aromatic heterocycles. The van der Waals surface area contributed by atoms with Gasteiger partial charge in [-0.25, -0.2) is 9.79 Å². The number of H-pyrrole nitrogens is 2. The van der Waals surface area contributed by atoms with E-state index < -0.39 is 11.5 Å². The molecule has 0 aromatic carbocycles. The number of hydrogen-bond donors (Lipinski definition) is 3. The summed E-state index contributed by atoms with van der Waals surface area (Å²) in [4.78, 5) is 34.8. The zero-order valence-electron chi connectivity index (χ0n) is 16.2. The minimum absolute atomic E-state index is 0.0229. The molecule has 0 bridgehead atoms. The van der Waals surface area contributed by atoms with Crippen LogP contribution >= 0.6 is 23.6 Å². The fraction of sp³-hybridized carbons (Fsp3) is 0.474. The second-order valence-corrected chi connectivity index (χ2v) is 9.40. The Morgan fingerprint density at radius 2 is 2.11 bits per heavy atom. The summed E-state index contributed by atoms with van der Waals surface area (Å²) in [5, 5.41) is 10.4. The summed E-state index contributed by atoms with van der Waals surface area (Å²) in [6, 6.07) is 0. The molecule has 1 atom stereocenters. The third-order valence-corrected chi connectivity index (χ3v) is 6.50. The van der Waals surface area contributed by atoms with Gasteiger partial charge < -0.3 is 14.8 Å². The highest BCUT2D eigenvalue weighted by atomic mass is 32.1. The third kappa shape index (κ3) is 3.95. The van der Waals surface area contributed by atoms with Crippen LogP contribution in [-0.2, 0) is 17.6 Å². The minimum Gasteiger partial charge on any atom is -0.494 e. The van der Waals surface area contributed by atoms with E-state index in [0.717, 1.165) is 29.7 Å². The van der Waals surface area contributed by atoms with Crippen molar-refractivity contribution in [2.75, 3.05) is 7.11 Å². The number of aromatic hydroxyl groups is 1. The average Bonchev–Trinajstić information content (AvgIpc) is 2.96. The maximum absolute atomic E-state index is 12.4. The highest BCUT2D eigenvalue weighted by molar-refractivity contribution is 7.71. The van der Waals surface area contributed by atoms with Crippen LogP contribution in [0, 0.1) is 16.1 Å². The smallest absolute Gasteiger partial charge is 0.341 e. The number of aliphatic imine (C=N–C) groups is 1. The first kappa shape index (κ1) is 20.5. The minimum atomic E-state index is -0.557. The van der Waals surface area contributed by atoms with Crippen molar-refractivity contribution in [3.63, 3.8) is 0 Å². The monoisotopic (exact) mass is 421 g/mol. The van der Waals surface area contributed by atoms with Crippen LogP contribution in [0.4, 0.5) is 5.00 Å². The molecular formula is C19H23N3O4S2. The van der Waals surface area contributed by atoms with Crippen molar-refractivity contribution < 1.29 is 14.6 Å². The zero-order valence-corrected chi connectivity index (χ0v) is 17.8. The standard InChI is InChI=1S/C19H23N3O4S2/c1-19(2,3)9-5-6-10-12(7-9)28-16(13(10)17(25)26-4)20-8-11-14(23)21-18(27)22-15(11)24/h8-9H,5-7H2,1-4H3,(H3,21,22,23,24,27). The van der Waals surface area contributed by atoms with Crippen molar-refractivity contribution in [2.24, 2.45) is 16.3 Å². The molecule has 0 spiro atoms. The number of ether oxygens (including phenoxy) is 1. The lowest BCUT2D eigenvalue weighted by molar-refractivity contribution is 0.0600. The largest absolute Gasteiger partial charge is 0.494 e. The lowest BCUT2D eigenvalue weighted by Gasteiger charge is -2.33. The maximum Gasteiger partial charge on any atom is 0.341 e. The van der Waals surface area contributed by atoms with Gasteiger partial charge in [-0.2, -0.15) is 0 Å². The number of aromatic amines is 2. The number of rotatable bonds is 3. The molecule has 1 aliphatic carbocycles. The number of methoxy groups -OCH3 is 1. The Balaban J connectivity index is 2.05. The highest BCUT2D eigenvalue weighted by Crippen LogP contribution is 2.45. The zero-order chi connectivity index (χ0) is 20.6. The van der Waals surface area contributed by atoms with E-state index in [4.69, 9.17) is 17.0 Å². The molecule has 0 amide bonds. The number of thiophene rings is 1. The molecule has 0 saturated heterocycles. The van der Waals surface area contributed by atoms with E-state index in [2.05, 4.69) is 35.7 Å². The number of nitrogens with one attached hydrogen (secondary N) is 2. The van der Waals surface area contributed by atoms with Gasteiger partial charge in [-0.3, -0.25) is 9.78 Å². The first-order chi connectivity index (χ1) is 13.1. The van der Waals surface area contributed by atoms with Crippen molar-refractivity contribution >= 4 is 40.7 Å². The number of aromatic nitrogens is 2. The van der Waals surface area contributed by atoms with Crippen LogP contribution in [-0.4, -0.2) is 34.4 Å². The summed E-state index contributed by atoms with van der Waals surface area (Å²) in [5.74, 6) is -0.294.